The molecule has 7 atom stereocenters. The van der Waals surface area contributed by atoms with Crippen molar-refractivity contribution in [3.05, 3.63) is 0 Å². The van der Waals surface area contributed by atoms with E-state index >= 15 is 0 Å². The fraction of sp³-hybridized carbons (Fsp3) is 0.900. The van der Waals surface area contributed by atoms with Gasteiger partial charge < -0.3 is 14.5 Å². The van der Waals surface area contributed by atoms with Crippen molar-refractivity contribution >= 4 is 23.4 Å². The van der Waals surface area contributed by atoms with Crippen LogP contribution in [0.4, 0.5) is 8.78 Å². The van der Waals surface area contributed by atoms with Crippen LogP contribution in [0.3, 0.4) is 0 Å². The number of hydrogen-bond acceptors (Lipinski definition) is 4. The third-order valence-electron chi connectivity index (χ3n) is 6.94. The molecule has 1 saturated carbocycles. The highest BCUT2D eigenvalue weighted by Crippen LogP contribution is 2.34. The van der Waals surface area contributed by atoms with Gasteiger partial charge in [0.2, 0.25) is 11.8 Å². The van der Waals surface area contributed by atoms with E-state index in [1.165, 1.54) is 4.90 Å². The Hall–Kier alpha value is -0.990. The standard InChI is InChI=1S/C20H30ClF2N3O3/c1-11-4-12(2-3-15(11)22)7-25-17(27)8-26(19-16(23)5-14(21)6-24-19)20(28)18(25)13-9-29-10-13/h11-16,18-19,24H,2-10H2,1H3. The Morgan fingerprint density at radius 3 is 2.55 bits per heavy atom. The zero-order chi connectivity index (χ0) is 20.7. The summed E-state index contributed by atoms with van der Waals surface area (Å²) in [5.41, 5.74) is 0. The predicted octanol–water partition coefficient (Wildman–Crippen LogP) is 1.71. The van der Waals surface area contributed by atoms with Gasteiger partial charge in [-0.05, 0) is 37.5 Å². The molecule has 0 aromatic carbocycles. The van der Waals surface area contributed by atoms with Gasteiger partial charge in [0.15, 0.2) is 0 Å². The highest BCUT2D eigenvalue weighted by atomic mass is 35.5. The van der Waals surface area contributed by atoms with Crippen LogP contribution in [-0.4, -0.2) is 84.4 Å². The molecule has 29 heavy (non-hydrogen) atoms. The predicted molar refractivity (Wildman–Crippen MR) is 104 cm³/mol. The van der Waals surface area contributed by atoms with Crippen molar-refractivity contribution in [3.63, 3.8) is 0 Å². The molecule has 1 aliphatic carbocycles. The van der Waals surface area contributed by atoms with Crippen LogP contribution in [-0.2, 0) is 14.3 Å². The summed E-state index contributed by atoms with van der Waals surface area (Å²) in [6.45, 7) is 3.46. The summed E-state index contributed by atoms with van der Waals surface area (Å²) in [7, 11) is 0. The van der Waals surface area contributed by atoms with E-state index in [9.17, 15) is 18.4 Å². The summed E-state index contributed by atoms with van der Waals surface area (Å²) in [6, 6.07) is -0.633. The molecule has 3 heterocycles. The molecule has 9 heteroatoms. The first-order valence-electron chi connectivity index (χ1n) is 10.7. The van der Waals surface area contributed by atoms with Gasteiger partial charge >= 0.3 is 0 Å². The number of ether oxygens (including phenoxy) is 1. The van der Waals surface area contributed by atoms with Gasteiger partial charge in [-0.2, -0.15) is 0 Å². The minimum Gasteiger partial charge on any atom is -0.380 e. The van der Waals surface area contributed by atoms with Crippen LogP contribution in [0.2, 0.25) is 0 Å². The number of hydrogen-bond donors (Lipinski definition) is 1. The van der Waals surface area contributed by atoms with Crippen molar-refractivity contribution in [2.24, 2.45) is 17.8 Å². The summed E-state index contributed by atoms with van der Waals surface area (Å²) >= 11 is 6.02. The molecule has 7 unspecified atom stereocenters. The maximum Gasteiger partial charge on any atom is 0.247 e. The third-order valence-corrected chi connectivity index (χ3v) is 7.28. The second kappa shape index (κ2) is 8.63. The first-order chi connectivity index (χ1) is 13.8. The smallest absolute Gasteiger partial charge is 0.247 e. The van der Waals surface area contributed by atoms with Crippen LogP contribution in [0.25, 0.3) is 0 Å². The minimum atomic E-state index is -1.31. The van der Waals surface area contributed by atoms with Crippen LogP contribution >= 0.6 is 11.6 Å². The summed E-state index contributed by atoms with van der Waals surface area (Å²) < 4.78 is 33.8. The maximum absolute atomic E-state index is 14.6. The molecule has 4 aliphatic rings. The number of nitrogens with one attached hydrogen (secondary N) is 1. The fourth-order valence-electron chi connectivity index (χ4n) is 5.17. The molecule has 3 saturated heterocycles. The van der Waals surface area contributed by atoms with Crippen LogP contribution in [0.15, 0.2) is 0 Å². The molecule has 0 radical (unpaired) electrons. The van der Waals surface area contributed by atoms with Gasteiger partial charge in [0.1, 0.15) is 31.1 Å². The first-order valence-corrected chi connectivity index (χ1v) is 11.1. The molecule has 2 amide bonds. The van der Waals surface area contributed by atoms with Gasteiger partial charge in [-0.15, -0.1) is 11.6 Å². The molecule has 0 bridgehead atoms. The Morgan fingerprint density at radius 1 is 1.17 bits per heavy atom. The van der Waals surface area contributed by atoms with Gasteiger partial charge in [0.05, 0.1) is 13.2 Å². The number of nitrogens with zero attached hydrogens (tertiary/aromatic N) is 2. The first kappa shape index (κ1) is 21.2. The molecule has 4 rings (SSSR count). The summed E-state index contributed by atoms with van der Waals surface area (Å²) in [6.07, 6.45) is -0.842. The van der Waals surface area contributed by atoms with Gasteiger partial charge in [0, 0.05) is 24.4 Å². The Labute approximate surface area is 175 Å². The number of rotatable bonds is 4. The molecule has 4 fully saturated rings. The van der Waals surface area contributed by atoms with E-state index < -0.39 is 24.6 Å². The second-order valence-electron chi connectivity index (χ2n) is 9.13. The van der Waals surface area contributed by atoms with Crippen molar-refractivity contribution in [3.8, 4) is 0 Å². The SMILES string of the molecule is CC1CC(CN2C(=O)CN(C3NCC(Cl)CC3F)C(=O)C2C2COC2)CCC1F. The lowest BCUT2D eigenvalue weighted by Crippen LogP contribution is -2.70. The van der Waals surface area contributed by atoms with Crippen molar-refractivity contribution in [2.45, 2.75) is 62.5 Å². The fourth-order valence-corrected chi connectivity index (χ4v) is 5.43. The summed E-state index contributed by atoms with van der Waals surface area (Å²) in [5.74, 6) is -0.320. The number of carbonyl (C=O) groups is 2. The van der Waals surface area contributed by atoms with Crippen LogP contribution in [0.1, 0.15) is 32.6 Å². The Bertz CT molecular complexity index is 638. The lowest BCUT2D eigenvalue weighted by molar-refractivity contribution is -0.173. The third kappa shape index (κ3) is 4.26. The average molecular weight is 434 g/mol. The lowest BCUT2D eigenvalue weighted by Gasteiger charge is -2.50. The van der Waals surface area contributed by atoms with E-state index in [-0.39, 0.29) is 47.9 Å². The number of piperazine rings is 1. The maximum atomic E-state index is 14.6. The topological polar surface area (TPSA) is 61.9 Å². The van der Waals surface area contributed by atoms with Crippen molar-refractivity contribution < 1.29 is 23.1 Å². The number of alkyl halides is 3. The van der Waals surface area contributed by atoms with E-state index in [1.807, 2.05) is 6.92 Å². The highest BCUT2D eigenvalue weighted by molar-refractivity contribution is 6.20. The highest BCUT2D eigenvalue weighted by Gasteiger charge is 2.50. The van der Waals surface area contributed by atoms with Crippen LogP contribution in [0.5, 0.6) is 0 Å². The van der Waals surface area contributed by atoms with Crippen LogP contribution in [0, 0.1) is 17.8 Å². The molecular formula is C20H30ClF2N3O3. The molecule has 3 aliphatic heterocycles. The van der Waals surface area contributed by atoms with Gasteiger partial charge in [-0.25, -0.2) is 8.78 Å². The Morgan fingerprint density at radius 2 is 1.93 bits per heavy atom. The molecule has 0 aromatic heterocycles. The van der Waals surface area contributed by atoms with Gasteiger partial charge in [-0.1, -0.05) is 6.92 Å². The number of piperidine rings is 1. The quantitative estimate of drug-likeness (QED) is 0.686. The number of carbonyl (C=O) groups excluding carboxylic acids is 2. The van der Waals surface area contributed by atoms with E-state index in [1.54, 1.807) is 4.90 Å². The largest absolute Gasteiger partial charge is 0.380 e. The average Bonchev–Trinajstić information content (AvgIpc) is 2.62. The lowest BCUT2D eigenvalue weighted by atomic mass is 9.80. The molecule has 6 nitrogen and oxygen atoms in total. The Kier molecular flexibility index (Phi) is 6.33. The van der Waals surface area contributed by atoms with Gasteiger partial charge in [-0.3, -0.25) is 14.9 Å². The molecule has 0 spiro atoms. The van der Waals surface area contributed by atoms with E-state index in [0.29, 0.717) is 39.1 Å². The van der Waals surface area contributed by atoms with Crippen LogP contribution < -0.4 is 5.32 Å². The van der Waals surface area contributed by atoms with Crippen molar-refractivity contribution in [1.29, 1.82) is 0 Å². The van der Waals surface area contributed by atoms with E-state index in [0.717, 1.165) is 6.42 Å². The molecule has 1 N–H and O–H groups in total. The molecule has 0 aromatic rings. The van der Waals surface area contributed by atoms with E-state index in [2.05, 4.69) is 5.32 Å². The summed E-state index contributed by atoms with van der Waals surface area (Å²) in [4.78, 5) is 29.5. The number of amides is 2. The Balaban J connectivity index is 1.50. The monoisotopic (exact) mass is 433 g/mol. The zero-order valence-electron chi connectivity index (χ0n) is 16.7. The summed E-state index contributed by atoms with van der Waals surface area (Å²) in [5, 5.41) is 2.67. The molecular weight excluding hydrogens is 404 g/mol. The number of halogens is 3. The normalized spacial score (nSPS) is 42.1. The van der Waals surface area contributed by atoms with Gasteiger partial charge in [0.25, 0.3) is 0 Å². The minimum absolute atomic E-state index is 0.0337. The van der Waals surface area contributed by atoms with Crippen molar-refractivity contribution in [2.75, 3.05) is 32.8 Å². The van der Waals surface area contributed by atoms with E-state index in [4.69, 9.17) is 16.3 Å². The molecule has 164 valence electrons. The second-order valence-corrected chi connectivity index (χ2v) is 9.75. The zero-order valence-corrected chi connectivity index (χ0v) is 17.5. The van der Waals surface area contributed by atoms with Crippen molar-refractivity contribution in [1.82, 2.24) is 15.1 Å².